The van der Waals surface area contributed by atoms with Crippen LogP contribution in [0.4, 0.5) is 5.69 Å². The smallest absolute Gasteiger partial charge is 0.220 e. The fraction of sp³-hybridized carbons (Fsp3) is 0.500. The summed E-state index contributed by atoms with van der Waals surface area (Å²) in [6.45, 7) is 5.30. The number of ether oxygens (including phenoxy) is 1. The molecule has 18 heavy (non-hydrogen) atoms. The Hall–Kier alpha value is -1.71. The van der Waals surface area contributed by atoms with E-state index < -0.39 is 0 Å². The van der Waals surface area contributed by atoms with Crippen molar-refractivity contribution in [2.24, 2.45) is 0 Å². The van der Waals surface area contributed by atoms with Gasteiger partial charge in [-0.15, -0.1) is 0 Å². The fourth-order valence-corrected chi connectivity index (χ4v) is 1.65. The van der Waals surface area contributed by atoms with Crippen LogP contribution < -0.4 is 15.8 Å². The summed E-state index contributed by atoms with van der Waals surface area (Å²) in [7, 11) is 0. The molecule has 1 aromatic rings. The molecule has 0 aliphatic rings. The van der Waals surface area contributed by atoms with Gasteiger partial charge in [0.25, 0.3) is 0 Å². The van der Waals surface area contributed by atoms with Crippen LogP contribution in [-0.2, 0) is 11.2 Å². The minimum atomic E-state index is 0.0873. The number of nitrogens with two attached hydrogens (primary N) is 1. The zero-order valence-electron chi connectivity index (χ0n) is 11.2. The maximum Gasteiger partial charge on any atom is 0.220 e. The third-order valence-electron chi connectivity index (χ3n) is 2.59. The van der Waals surface area contributed by atoms with Gasteiger partial charge in [-0.05, 0) is 37.5 Å². The third kappa shape index (κ3) is 4.65. The van der Waals surface area contributed by atoms with Crippen molar-refractivity contribution in [3.05, 3.63) is 23.8 Å². The van der Waals surface area contributed by atoms with E-state index in [1.807, 2.05) is 32.0 Å². The van der Waals surface area contributed by atoms with Crippen molar-refractivity contribution >= 4 is 11.6 Å². The van der Waals surface area contributed by atoms with Crippen molar-refractivity contribution < 1.29 is 9.53 Å². The maximum atomic E-state index is 11.5. The highest BCUT2D eigenvalue weighted by molar-refractivity contribution is 5.76. The monoisotopic (exact) mass is 250 g/mol. The first-order valence-corrected chi connectivity index (χ1v) is 6.45. The zero-order valence-corrected chi connectivity index (χ0v) is 11.2. The lowest BCUT2D eigenvalue weighted by atomic mass is 10.1. The van der Waals surface area contributed by atoms with Gasteiger partial charge in [0, 0.05) is 13.0 Å². The van der Waals surface area contributed by atoms with E-state index in [2.05, 4.69) is 5.32 Å². The van der Waals surface area contributed by atoms with Crippen molar-refractivity contribution in [1.82, 2.24) is 5.32 Å². The van der Waals surface area contributed by atoms with Gasteiger partial charge in [-0.1, -0.05) is 13.0 Å². The molecule has 0 aliphatic heterocycles. The zero-order chi connectivity index (χ0) is 13.4. The Labute approximate surface area is 109 Å². The number of benzene rings is 1. The van der Waals surface area contributed by atoms with Gasteiger partial charge in [-0.3, -0.25) is 4.79 Å². The summed E-state index contributed by atoms with van der Waals surface area (Å²) < 4.78 is 5.37. The van der Waals surface area contributed by atoms with Crippen LogP contribution in [0, 0.1) is 0 Å². The lowest BCUT2D eigenvalue weighted by Gasteiger charge is -2.09. The molecular formula is C14H22N2O2. The minimum Gasteiger partial charge on any atom is -0.492 e. The van der Waals surface area contributed by atoms with Crippen LogP contribution in [0.1, 0.15) is 32.3 Å². The Morgan fingerprint density at radius 3 is 2.78 bits per heavy atom. The molecule has 0 saturated carbocycles. The van der Waals surface area contributed by atoms with Crippen LogP contribution in [0.3, 0.4) is 0 Å². The predicted octanol–water partition coefficient (Wildman–Crippen LogP) is 2.13. The van der Waals surface area contributed by atoms with Crippen molar-refractivity contribution in [3.63, 3.8) is 0 Å². The van der Waals surface area contributed by atoms with Gasteiger partial charge in [-0.2, -0.15) is 0 Å². The van der Waals surface area contributed by atoms with E-state index in [4.69, 9.17) is 10.5 Å². The first-order valence-electron chi connectivity index (χ1n) is 6.45. The molecule has 1 amide bonds. The molecule has 0 aromatic heterocycles. The molecule has 100 valence electrons. The number of amides is 1. The average molecular weight is 250 g/mol. The van der Waals surface area contributed by atoms with Crippen molar-refractivity contribution in [1.29, 1.82) is 0 Å². The van der Waals surface area contributed by atoms with E-state index in [-0.39, 0.29) is 5.91 Å². The second-order valence-corrected chi connectivity index (χ2v) is 4.16. The predicted molar refractivity (Wildman–Crippen MR) is 73.6 cm³/mol. The van der Waals surface area contributed by atoms with Gasteiger partial charge in [0.15, 0.2) is 0 Å². The lowest BCUT2D eigenvalue weighted by Crippen LogP contribution is -2.24. The van der Waals surface area contributed by atoms with Gasteiger partial charge >= 0.3 is 0 Å². The number of carbonyl (C=O) groups is 1. The summed E-state index contributed by atoms with van der Waals surface area (Å²) >= 11 is 0. The molecule has 0 spiro atoms. The topological polar surface area (TPSA) is 64.3 Å². The van der Waals surface area contributed by atoms with E-state index in [0.29, 0.717) is 30.9 Å². The van der Waals surface area contributed by atoms with E-state index in [1.54, 1.807) is 0 Å². The fourth-order valence-electron chi connectivity index (χ4n) is 1.65. The Morgan fingerprint density at radius 1 is 1.39 bits per heavy atom. The molecule has 0 aliphatic carbocycles. The number of hydrogen-bond acceptors (Lipinski definition) is 3. The van der Waals surface area contributed by atoms with Gasteiger partial charge in [0.05, 0.1) is 12.3 Å². The molecular weight excluding hydrogens is 228 g/mol. The summed E-state index contributed by atoms with van der Waals surface area (Å²) in [6.07, 6.45) is 2.15. The summed E-state index contributed by atoms with van der Waals surface area (Å²) in [5.41, 5.74) is 7.55. The molecule has 0 bridgehead atoms. The molecule has 4 heteroatoms. The van der Waals surface area contributed by atoms with Gasteiger partial charge in [0.2, 0.25) is 5.91 Å². The van der Waals surface area contributed by atoms with Gasteiger partial charge < -0.3 is 15.8 Å². The molecule has 0 atom stereocenters. The van der Waals surface area contributed by atoms with Gasteiger partial charge in [-0.25, -0.2) is 0 Å². The quantitative estimate of drug-likeness (QED) is 0.729. The SMILES string of the molecule is CCCNC(=O)CCc1ccc(OCC)c(N)c1. The molecule has 0 heterocycles. The second-order valence-electron chi connectivity index (χ2n) is 4.16. The largest absolute Gasteiger partial charge is 0.492 e. The Balaban J connectivity index is 2.48. The standard InChI is InChI=1S/C14H22N2O2/c1-3-9-16-14(17)8-6-11-5-7-13(18-4-2)12(15)10-11/h5,7,10H,3-4,6,8-9,15H2,1-2H3,(H,16,17). The van der Waals surface area contributed by atoms with E-state index in [0.717, 1.165) is 18.5 Å². The molecule has 0 radical (unpaired) electrons. The first kappa shape index (κ1) is 14.4. The number of anilines is 1. The van der Waals surface area contributed by atoms with Crippen LogP contribution in [0.5, 0.6) is 5.75 Å². The number of aryl methyl sites for hydroxylation is 1. The van der Waals surface area contributed by atoms with Crippen LogP contribution in [0.25, 0.3) is 0 Å². The van der Waals surface area contributed by atoms with Crippen LogP contribution in [0.15, 0.2) is 18.2 Å². The molecule has 0 saturated heterocycles. The highest BCUT2D eigenvalue weighted by atomic mass is 16.5. The lowest BCUT2D eigenvalue weighted by molar-refractivity contribution is -0.121. The van der Waals surface area contributed by atoms with E-state index >= 15 is 0 Å². The molecule has 0 unspecified atom stereocenters. The molecule has 1 rings (SSSR count). The highest BCUT2D eigenvalue weighted by Gasteiger charge is 2.04. The molecule has 3 N–H and O–H groups in total. The summed E-state index contributed by atoms with van der Waals surface area (Å²) in [5, 5.41) is 2.85. The summed E-state index contributed by atoms with van der Waals surface area (Å²) in [6, 6.07) is 5.69. The summed E-state index contributed by atoms with van der Waals surface area (Å²) in [4.78, 5) is 11.5. The number of nitrogens with one attached hydrogen (secondary N) is 1. The highest BCUT2D eigenvalue weighted by Crippen LogP contribution is 2.23. The number of carbonyl (C=O) groups excluding carboxylic acids is 1. The second kappa shape index (κ2) is 7.58. The number of nitrogen functional groups attached to an aromatic ring is 1. The van der Waals surface area contributed by atoms with Crippen molar-refractivity contribution in [2.75, 3.05) is 18.9 Å². The van der Waals surface area contributed by atoms with Crippen LogP contribution in [-0.4, -0.2) is 19.1 Å². The van der Waals surface area contributed by atoms with Crippen molar-refractivity contribution in [3.8, 4) is 5.75 Å². The minimum absolute atomic E-state index is 0.0873. The average Bonchev–Trinajstić information content (AvgIpc) is 2.37. The van der Waals surface area contributed by atoms with Crippen LogP contribution >= 0.6 is 0 Å². The van der Waals surface area contributed by atoms with Crippen LogP contribution in [0.2, 0.25) is 0 Å². The van der Waals surface area contributed by atoms with Crippen molar-refractivity contribution in [2.45, 2.75) is 33.1 Å². The Morgan fingerprint density at radius 2 is 2.17 bits per heavy atom. The maximum absolute atomic E-state index is 11.5. The molecule has 4 nitrogen and oxygen atoms in total. The summed E-state index contributed by atoms with van der Waals surface area (Å²) in [5.74, 6) is 0.793. The van der Waals surface area contributed by atoms with Gasteiger partial charge in [0.1, 0.15) is 5.75 Å². The number of rotatable bonds is 7. The Bertz CT molecular complexity index is 391. The molecule has 0 fully saturated rings. The molecule has 1 aromatic carbocycles. The number of hydrogen-bond donors (Lipinski definition) is 2. The normalized spacial score (nSPS) is 10.1. The van der Waals surface area contributed by atoms with E-state index in [1.165, 1.54) is 0 Å². The van der Waals surface area contributed by atoms with E-state index in [9.17, 15) is 4.79 Å². The first-order chi connectivity index (χ1) is 8.67. The Kier molecular flexibility index (Phi) is 6.05. The third-order valence-corrected chi connectivity index (χ3v) is 2.59.